The predicted octanol–water partition coefficient (Wildman–Crippen LogP) is 3.52. The van der Waals surface area contributed by atoms with Gasteiger partial charge in [0.05, 0.1) is 4.47 Å². The lowest BCUT2D eigenvalue weighted by molar-refractivity contribution is 0.462. The zero-order valence-electron chi connectivity index (χ0n) is 9.76. The van der Waals surface area contributed by atoms with Gasteiger partial charge in [-0.1, -0.05) is 12.8 Å². The fraction of sp³-hybridized carbons (Fsp3) is 0.538. The zero-order valence-corrected chi connectivity index (χ0v) is 11.3. The maximum atomic E-state index is 13.1. The summed E-state index contributed by atoms with van der Waals surface area (Å²) in [6.45, 7) is 0.625. The summed E-state index contributed by atoms with van der Waals surface area (Å²) >= 11 is 3.20. The van der Waals surface area contributed by atoms with E-state index >= 15 is 0 Å². The van der Waals surface area contributed by atoms with Gasteiger partial charge in [0, 0.05) is 18.3 Å². The minimum Gasteiger partial charge on any atom is -0.381 e. The van der Waals surface area contributed by atoms with Crippen molar-refractivity contribution >= 4 is 21.6 Å². The van der Waals surface area contributed by atoms with Crippen LogP contribution in [0.5, 0.6) is 0 Å². The van der Waals surface area contributed by atoms with Gasteiger partial charge in [0.25, 0.3) is 0 Å². The molecule has 1 aromatic carbocycles. The van der Waals surface area contributed by atoms with Gasteiger partial charge in [-0.05, 0) is 52.9 Å². The molecule has 4 heteroatoms. The van der Waals surface area contributed by atoms with Crippen LogP contribution in [0.1, 0.15) is 25.7 Å². The monoisotopic (exact) mass is 300 g/mol. The first kappa shape index (κ1) is 12.8. The van der Waals surface area contributed by atoms with E-state index in [2.05, 4.69) is 21.2 Å². The molecule has 1 atom stereocenters. The van der Waals surface area contributed by atoms with Crippen molar-refractivity contribution in [1.29, 1.82) is 0 Å². The van der Waals surface area contributed by atoms with Crippen molar-refractivity contribution in [2.75, 3.05) is 11.9 Å². The predicted molar refractivity (Wildman–Crippen MR) is 72.5 cm³/mol. The molecule has 2 rings (SSSR count). The number of halogens is 2. The molecule has 0 radical (unpaired) electrons. The first-order chi connectivity index (χ1) is 8.20. The van der Waals surface area contributed by atoms with Crippen LogP contribution in [0.2, 0.25) is 0 Å². The molecule has 0 saturated heterocycles. The number of benzene rings is 1. The van der Waals surface area contributed by atoms with E-state index in [9.17, 15) is 4.39 Å². The smallest absolute Gasteiger partial charge is 0.137 e. The van der Waals surface area contributed by atoms with Crippen LogP contribution < -0.4 is 11.1 Å². The van der Waals surface area contributed by atoms with Crippen molar-refractivity contribution in [3.05, 3.63) is 28.5 Å². The molecule has 0 heterocycles. The molecule has 0 amide bonds. The average Bonchev–Trinajstić information content (AvgIpc) is 2.84. The molecule has 0 bridgehead atoms. The van der Waals surface area contributed by atoms with Gasteiger partial charge in [-0.25, -0.2) is 4.39 Å². The molecule has 1 aliphatic rings. The first-order valence-corrected chi connectivity index (χ1v) is 6.91. The van der Waals surface area contributed by atoms with Gasteiger partial charge in [0.15, 0.2) is 0 Å². The van der Waals surface area contributed by atoms with Gasteiger partial charge in [-0.3, -0.25) is 0 Å². The summed E-state index contributed by atoms with van der Waals surface area (Å²) in [4.78, 5) is 0. The second-order valence-corrected chi connectivity index (χ2v) is 5.51. The Morgan fingerprint density at radius 2 is 2.12 bits per heavy atom. The highest BCUT2D eigenvalue weighted by atomic mass is 79.9. The number of hydrogen-bond donors (Lipinski definition) is 2. The summed E-state index contributed by atoms with van der Waals surface area (Å²) in [6, 6.07) is 5.30. The average molecular weight is 301 g/mol. The molecular weight excluding hydrogens is 283 g/mol. The van der Waals surface area contributed by atoms with E-state index in [0.717, 1.165) is 5.69 Å². The maximum Gasteiger partial charge on any atom is 0.137 e. The Bertz CT molecular complexity index is 378. The summed E-state index contributed by atoms with van der Waals surface area (Å²) in [6.07, 6.45) is 5.10. The summed E-state index contributed by atoms with van der Waals surface area (Å²) in [5, 5.41) is 3.42. The van der Waals surface area contributed by atoms with Gasteiger partial charge in [0.1, 0.15) is 5.82 Å². The Morgan fingerprint density at radius 3 is 2.71 bits per heavy atom. The normalized spacial score (nSPS) is 18.3. The third kappa shape index (κ3) is 3.19. The summed E-state index contributed by atoms with van der Waals surface area (Å²) in [7, 11) is 0. The number of hydrogen-bond acceptors (Lipinski definition) is 2. The fourth-order valence-corrected chi connectivity index (χ4v) is 2.91. The van der Waals surface area contributed by atoms with Crippen molar-refractivity contribution in [1.82, 2.24) is 0 Å². The van der Waals surface area contributed by atoms with Crippen LogP contribution in [0.25, 0.3) is 0 Å². The Morgan fingerprint density at radius 1 is 1.41 bits per heavy atom. The lowest BCUT2D eigenvalue weighted by atomic mass is 9.98. The van der Waals surface area contributed by atoms with Crippen LogP contribution in [0.15, 0.2) is 22.7 Å². The van der Waals surface area contributed by atoms with E-state index < -0.39 is 0 Å². The largest absolute Gasteiger partial charge is 0.381 e. The third-order valence-corrected chi connectivity index (χ3v) is 4.10. The van der Waals surface area contributed by atoms with Gasteiger partial charge in [-0.2, -0.15) is 0 Å². The lowest BCUT2D eigenvalue weighted by Gasteiger charge is -2.24. The minimum atomic E-state index is -0.235. The number of nitrogens with one attached hydrogen (secondary N) is 1. The third-order valence-electron chi connectivity index (χ3n) is 3.49. The van der Waals surface area contributed by atoms with Crippen LogP contribution in [0.3, 0.4) is 0 Å². The molecule has 94 valence electrons. The molecule has 2 nitrogen and oxygen atoms in total. The molecular formula is C13H18BrFN2. The second kappa shape index (κ2) is 5.83. The van der Waals surface area contributed by atoms with Crippen LogP contribution in [0, 0.1) is 11.7 Å². The van der Waals surface area contributed by atoms with Gasteiger partial charge < -0.3 is 11.1 Å². The highest BCUT2D eigenvalue weighted by molar-refractivity contribution is 9.10. The quantitative estimate of drug-likeness (QED) is 0.893. The molecule has 0 aromatic heterocycles. The number of anilines is 1. The van der Waals surface area contributed by atoms with Crippen LogP contribution in [0.4, 0.5) is 10.1 Å². The van der Waals surface area contributed by atoms with Crippen molar-refractivity contribution < 1.29 is 4.39 Å². The molecule has 3 N–H and O–H groups in total. The van der Waals surface area contributed by atoms with Crippen molar-refractivity contribution in [3.63, 3.8) is 0 Å². The van der Waals surface area contributed by atoms with Crippen molar-refractivity contribution in [2.24, 2.45) is 11.7 Å². The van der Waals surface area contributed by atoms with Gasteiger partial charge >= 0.3 is 0 Å². The van der Waals surface area contributed by atoms with E-state index in [4.69, 9.17) is 5.73 Å². The zero-order chi connectivity index (χ0) is 12.3. The lowest BCUT2D eigenvalue weighted by Crippen LogP contribution is -2.35. The molecule has 0 spiro atoms. The minimum absolute atomic E-state index is 0.235. The molecule has 0 aliphatic heterocycles. The van der Waals surface area contributed by atoms with Crippen LogP contribution in [-0.4, -0.2) is 12.6 Å². The molecule has 1 aliphatic carbocycles. The number of rotatable bonds is 4. The van der Waals surface area contributed by atoms with E-state index in [1.165, 1.54) is 31.7 Å². The summed E-state index contributed by atoms with van der Waals surface area (Å²) in [5.41, 5.74) is 6.75. The number of nitrogens with two attached hydrogens (primary N) is 1. The van der Waals surface area contributed by atoms with Gasteiger partial charge in [-0.15, -0.1) is 0 Å². The van der Waals surface area contributed by atoms with Crippen LogP contribution >= 0.6 is 15.9 Å². The maximum absolute atomic E-state index is 13.1. The standard InChI is InChI=1S/C13H18BrFN2/c14-11-7-10(5-6-12(11)15)17-13(8-16)9-3-1-2-4-9/h5-7,9,13,17H,1-4,8,16H2. The van der Waals surface area contributed by atoms with Crippen molar-refractivity contribution in [2.45, 2.75) is 31.7 Å². The Hall–Kier alpha value is -0.610. The van der Waals surface area contributed by atoms with E-state index in [1.54, 1.807) is 12.1 Å². The van der Waals surface area contributed by atoms with Crippen LogP contribution in [-0.2, 0) is 0 Å². The summed E-state index contributed by atoms with van der Waals surface area (Å²) < 4.78 is 13.6. The SMILES string of the molecule is NCC(Nc1ccc(F)c(Br)c1)C1CCCC1. The highest BCUT2D eigenvalue weighted by Gasteiger charge is 2.23. The molecule has 1 aromatic rings. The molecule has 17 heavy (non-hydrogen) atoms. The highest BCUT2D eigenvalue weighted by Crippen LogP contribution is 2.29. The molecule has 1 saturated carbocycles. The Balaban J connectivity index is 2.04. The summed E-state index contributed by atoms with van der Waals surface area (Å²) in [5.74, 6) is 0.421. The Kier molecular flexibility index (Phi) is 4.40. The topological polar surface area (TPSA) is 38.0 Å². The van der Waals surface area contributed by atoms with E-state index in [1.807, 2.05) is 0 Å². The van der Waals surface area contributed by atoms with Crippen molar-refractivity contribution in [3.8, 4) is 0 Å². The fourth-order valence-electron chi connectivity index (χ4n) is 2.53. The molecule has 1 unspecified atom stereocenters. The Labute approximate surface area is 110 Å². The van der Waals surface area contributed by atoms with E-state index in [0.29, 0.717) is 23.0 Å². The molecule has 1 fully saturated rings. The first-order valence-electron chi connectivity index (χ1n) is 6.12. The van der Waals surface area contributed by atoms with E-state index in [-0.39, 0.29) is 5.82 Å². The van der Waals surface area contributed by atoms with Gasteiger partial charge in [0.2, 0.25) is 0 Å². The second-order valence-electron chi connectivity index (χ2n) is 4.66.